The van der Waals surface area contributed by atoms with Crippen LogP contribution in [0.2, 0.25) is 0 Å². The molecule has 1 saturated carbocycles. The van der Waals surface area contributed by atoms with Gasteiger partial charge in [0.05, 0.1) is 7.11 Å². The highest BCUT2D eigenvalue weighted by molar-refractivity contribution is 7.98. The van der Waals surface area contributed by atoms with Crippen LogP contribution in [-0.4, -0.2) is 13.0 Å². The van der Waals surface area contributed by atoms with Gasteiger partial charge in [0.2, 0.25) is 5.91 Å². The Morgan fingerprint density at radius 2 is 1.86 bits per heavy atom. The number of ether oxygens (including phenoxy) is 1. The molecule has 1 aliphatic rings. The number of nitrogens with one attached hydrogen (secondary N) is 1. The van der Waals surface area contributed by atoms with Gasteiger partial charge in [-0.05, 0) is 54.2 Å². The third-order valence-corrected chi connectivity index (χ3v) is 6.69. The molecule has 156 valence electrons. The third-order valence-electron chi connectivity index (χ3n) is 5.62. The van der Waals surface area contributed by atoms with E-state index in [4.69, 9.17) is 4.74 Å². The smallest absolute Gasteiger partial charge is 0.229 e. The Morgan fingerprint density at radius 1 is 1.14 bits per heavy atom. The summed E-state index contributed by atoms with van der Waals surface area (Å²) in [5, 5.41) is 3.20. The van der Waals surface area contributed by atoms with Gasteiger partial charge in [-0.15, -0.1) is 11.8 Å². The SMILES string of the molecule is COc1ccc(CSc2ccc(CCC3CCC3)c(NC(=O)C(C)(C)C)c2)cc1. The first-order valence-corrected chi connectivity index (χ1v) is 11.5. The van der Waals surface area contributed by atoms with Gasteiger partial charge in [-0.25, -0.2) is 0 Å². The minimum atomic E-state index is -0.405. The number of hydrogen-bond acceptors (Lipinski definition) is 3. The van der Waals surface area contributed by atoms with Crippen molar-refractivity contribution < 1.29 is 9.53 Å². The topological polar surface area (TPSA) is 38.3 Å². The Labute approximate surface area is 179 Å². The molecule has 0 radical (unpaired) electrons. The largest absolute Gasteiger partial charge is 0.497 e. The molecule has 0 unspecified atom stereocenters. The maximum absolute atomic E-state index is 12.6. The van der Waals surface area contributed by atoms with Crippen molar-refractivity contribution >= 4 is 23.4 Å². The molecule has 0 saturated heterocycles. The van der Waals surface area contributed by atoms with E-state index in [0.717, 1.165) is 29.5 Å². The number of benzene rings is 2. The highest BCUT2D eigenvalue weighted by atomic mass is 32.2. The Balaban J connectivity index is 1.70. The second-order valence-corrected chi connectivity index (χ2v) is 10.0. The van der Waals surface area contributed by atoms with Gasteiger partial charge in [-0.2, -0.15) is 0 Å². The molecule has 1 aliphatic carbocycles. The van der Waals surface area contributed by atoms with Crippen molar-refractivity contribution in [1.29, 1.82) is 0 Å². The van der Waals surface area contributed by atoms with E-state index in [1.54, 1.807) is 18.9 Å². The summed E-state index contributed by atoms with van der Waals surface area (Å²) in [6, 6.07) is 14.7. The normalized spacial score (nSPS) is 14.3. The molecular formula is C25H33NO2S. The molecule has 1 amide bonds. The second kappa shape index (κ2) is 9.71. The average molecular weight is 412 g/mol. The predicted octanol–water partition coefficient (Wildman–Crippen LogP) is 6.70. The highest BCUT2D eigenvalue weighted by Gasteiger charge is 2.23. The Bertz CT molecular complexity index is 820. The van der Waals surface area contributed by atoms with Crippen LogP contribution in [0.5, 0.6) is 5.75 Å². The van der Waals surface area contributed by atoms with Gasteiger partial charge < -0.3 is 10.1 Å². The lowest BCUT2D eigenvalue weighted by Gasteiger charge is -2.26. The average Bonchev–Trinajstić information content (AvgIpc) is 2.66. The summed E-state index contributed by atoms with van der Waals surface area (Å²) in [5.74, 6) is 2.70. The number of aryl methyl sites for hydroxylation is 1. The van der Waals surface area contributed by atoms with Gasteiger partial charge >= 0.3 is 0 Å². The molecule has 4 heteroatoms. The van der Waals surface area contributed by atoms with Crippen LogP contribution in [0.25, 0.3) is 0 Å². The van der Waals surface area contributed by atoms with E-state index in [9.17, 15) is 4.79 Å². The van der Waals surface area contributed by atoms with Gasteiger partial charge in [0, 0.05) is 21.8 Å². The molecule has 29 heavy (non-hydrogen) atoms. The first-order chi connectivity index (χ1) is 13.8. The van der Waals surface area contributed by atoms with Crippen LogP contribution in [-0.2, 0) is 17.0 Å². The molecule has 0 bridgehead atoms. The fourth-order valence-corrected chi connectivity index (χ4v) is 4.21. The number of carbonyl (C=O) groups is 1. The lowest BCUT2D eigenvalue weighted by atomic mass is 9.81. The number of anilines is 1. The van der Waals surface area contributed by atoms with Gasteiger partial charge in [0.15, 0.2) is 0 Å². The minimum Gasteiger partial charge on any atom is -0.497 e. The fourth-order valence-electron chi connectivity index (χ4n) is 3.32. The van der Waals surface area contributed by atoms with Crippen LogP contribution in [0, 0.1) is 11.3 Å². The zero-order chi connectivity index (χ0) is 20.9. The quantitative estimate of drug-likeness (QED) is 0.491. The summed E-state index contributed by atoms with van der Waals surface area (Å²) in [5.41, 5.74) is 3.08. The van der Waals surface area contributed by atoms with E-state index in [0.29, 0.717) is 0 Å². The summed E-state index contributed by atoms with van der Waals surface area (Å²) in [7, 11) is 1.68. The predicted molar refractivity (Wildman–Crippen MR) is 123 cm³/mol. The van der Waals surface area contributed by atoms with Crippen molar-refractivity contribution in [2.45, 2.75) is 63.5 Å². The van der Waals surface area contributed by atoms with E-state index in [1.807, 2.05) is 32.9 Å². The standard InChI is InChI=1S/C25H33NO2S/c1-25(2,3)24(27)26-23-16-22(15-12-20(23)11-8-18-6-5-7-18)29-17-19-9-13-21(28-4)14-10-19/h9-10,12-16,18H,5-8,11,17H2,1-4H3,(H,26,27). The maximum atomic E-state index is 12.6. The zero-order valence-electron chi connectivity index (χ0n) is 18.1. The summed E-state index contributed by atoms with van der Waals surface area (Å²) >= 11 is 1.79. The highest BCUT2D eigenvalue weighted by Crippen LogP contribution is 2.34. The van der Waals surface area contributed by atoms with Crippen LogP contribution in [0.15, 0.2) is 47.4 Å². The summed E-state index contributed by atoms with van der Waals surface area (Å²) in [6.45, 7) is 5.87. The van der Waals surface area contributed by atoms with E-state index in [1.165, 1.54) is 41.7 Å². The van der Waals surface area contributed by atoms with Gasteiger partial charge in [-0.1, -0.05) is 58.2 Å². The Kier molecular flexibility index (Phi) is 7.28. The lowest BCUT2D eigenvalue weighted by molar-refractivity contribution is -0.123. The molecule has 3 rings (SSSR count). The summed E-state index contributed by atoms with van der Waals surface area (Å²) < 4.78 is 5.23. The molecule has 1 N–H and O–H groups in total. The molecule has 0 atom stereocenters. The molecule has 2 aromatic rings. The van der Waals surface area contributed by atoms with Gasteiger partial charge in [0.25, 0.3) is 0 Å². The van der Waals surface area contributed by atoms with Crippen LogP contribution in [0.1, 0.15) is 57.6 Å². The first kappa shape index (κ1) is 21.8. The van der Waals surface area contributed by atoms with E-state index in [2.05, 4.69) is 35.6 Å². The fraction of sp³-hybridized carbons (Fsp3) is 0.480. The molecule has 2 aromatic carbocycles. The number of thioether (sulfide) groups is 1. The van der Waals surface area contributed by atoms with Crippen molar-refractivity contribution in [3.8, 4) is 5.75 Å². The number of rotatable bonds is 8. The summed E-state index contributed by atoms with van der Waals surface area (Å²) in [6.07, 6.45) is 6.35. The van der Waals surface area contributed by atoms with Crippen LogP contribution in [0.4, 0.5) is 5.69 Å². The van der Waals surface area contributed by atoms with Crippen molar-refractivity contribution in [1.82, 2.24) is 0 Å². The molecule has 0 aromatic heterocycles. The molecule has 0 spiro atoms. The number of carbonyl (C=O) groups excluding carboxylic acids is 1. The molecule has 1 fully saturated rings. The van der Waals surface area contributed by atoms with Crippen LogP contribution in [0.3, 0.4) is 0 Å². The van der Waals surface area contributed by atoms with Crippen molar-refractivity contribution in [3.63, 3.8) is 0 Å². The lowest BCUT2D eigenvalue weighted by Crippen LogP contribution is -2.28. The first-order valence-electron chi connectivity index (χ1n) is 10.6. The zero-order valence-corrected chi connectivity index (χ0v) is 18.9. The molecule has 3 nitrogen and oxygen atoms in total. The number of hydrogen-bond donors (Lipinski definition) is 1. The van der Waals surface area contributed by atoms with E-state index >= 15 is 0 Å². The van der Waals surface area contributed by atoms with Crippen LogP contribution >= 0.6 is 11.8 Å². The second-order valence-electron chi connectivity index (χ2n) is 9.00. The molecular weight excluding hydrogens is 378 g/mol. The number of amides is 1. The van der Waals surface area contributed by atoms with E-state index < -0.39 is 5.41 Å². The van der Waals surface area contributed by atoms with Crippen molar-refractivity contribution in [2.24, 2.45) is 11.3 Å². The Hall–Kier alpha value is -1.94. The Morgan fingerprint density at radius 3 is 2.45 bits per heavy atom. The van der Waals surface area contributed by atoms with Crippen LogP contribution < -0.4 is 10.1 Å². The monoisotopic (exact) mass is 411 g/mol. The number of methoxy groups -OCH3 is 1. The van der Waals surface area contributed by atoms with Crippen molar-refractivity contribution in [3.05, 3.63) is 53.6 Å². The minimum absolute atomic E-state index is 0.0692. The van der Waals surface area contributed by atoms with Crippen molar-refractivity contribution in [2.75, 3.05) is 12.4 Å². The van der Waals surface area contributed by atoms with Gasteiger partial charge in [0.1, 0.15) is 5.75 Å². The maximum Gasteiger partial charge on any atom is 0.229 e. The molecule has 0 aliphatic heterocycles. The molecule has 0 heterocycles. The van der Waals surface area contributed by atoms with Gasteiger partial charge in [-0.3, -0.25) is 4.79 Å². The van der Waals surface area contributed by atoms with E-state index in [-0.39, 0.29) is 5.91 Å². The third kappa shape index (κ3) is 6.27. The summed E-state index contributed by atoms with van der Waals surface area (Å²) in [4.78, 5) is 13.8.